The molecular weight excluding hydrogens is 236 g/mol. The molecule has 1 heterocycles. The summed E-state index contributed by atoms with van der Waals surface area (Å²) in [5.74, 6) is 0.559. The van der Waals surface area contributed by atoms with Gasteiger partial charge in [-0.05, 0) is 43.6 Å². The molecule has 1 saturated heterocycles. The standard InChI is InChI=1S/C13H17ClN2O/c1-8-3-4-11(5-12(8)14)16-13(17)9(2)10-6-15-7-10/h3-5,9-10,15H,6-7H2,1-2H3,(H,16,17). The van der Waals surface area contributed by atoms with Crippen LogP contribution in [0.1, 0.15) is 12.5 Å². The number of amides is 1. The molecule has 1 amide bonds. The number of benzene rings is 1. The van der Waals surface area contributed by atoms with Crippen molar-refractivity contribution in [1.82, 2.24) is 5.32 Å². The van der Waals surface area contributed by atoms with Crippen LogP contribution in [-0.2, 0) is 4.79 Å². The minimum Gasteiger partial charge on any atom is -0.326 e. The van der Waals surface area contributed by atoms with Crippen molar-refractivity contribution in [2.75, 3.05) is 18.4 Å². The first-order valence-electron chi connectivity index (χ1n) is 5.85. The van der Waals surface area contributed by atoms with Crippen molar-refractivity contribution in [1.29, 1.82) is 0 Å². The van der Waals surface area contributed by atoms with Crippen LogP contribution in [0.25, 0.3) is 0 Å². The summed E-state index contributed by atoms with van der Waals surface area (Å²) < 4.78 is 0. The van der Waals surface area contributed by atoms with Gasteiger partial charge in [-0.2, -0.15) is 0 Å². The van der Waals surface area contributed by atoms with Gasteiger partial charge in [0.1, 0.15) is 0 Å². The Morgan fingerprint density at radius 2 is 2.24 bits per heavy atom. The molecule has 0 saturated carbocycles. The Balaban J connectivity index is 1.99. The molecule has 92 valence electrons. The lowest BCUT2D eigenvalue weighted by Crippen LogP contribution is -2.48. The molecule has 0 bridgehead atoms. The minimum absolute atomic E-state index is 0.0383. The Bertz CT molecular complexity index is 429. The van der Waals surface area contributed by atoms with Crippen LogP contribution in [0.5, 0.6) is 0 Å². The fourth-order valence-corrected chi connectivity index (χ4v) is 1.99. The predicted molar refractivity (Wildman–Crippen MR) is 70.3 cm³/mol. The molecule has 0 radical (unpaired) electrons. The fourth-order valence-electron chi connectivity index (χ4n) is 1.81. The lowest BCUT2D eigenvalue weighted by atomic mass is 9.88. The molecule has 1 unspecified atom stereocenters. The summed E-state index contributed by atoms with van der Waals surface area (Å²) in [6.07, 6.45) is 0. The summed E-state index contributed by atoms with van der Waals surface area (Å²) in [5.41, 5.74) is 1.78. The molecule has 1 aromatic rings. The molecule has 1 fully saturated rings. The Morgan fingerprint density at radius 1 is 1.53 bits per heavy atom. The monoisotopic (exact) mass is 252 g/mol. The Labute approximate surface area is 107 Å². The largest absolute Gasteiger partial charge is 0.326 e. The fraction of sp³-hybridized carbons (Fsp3) is 0.462. The maximum Gasteiger partial charge on any atom is 0.227 e. The summed E-state index contributed by atoms with van der Waals surface area (Å²) in [4.78, 5) is 12.0. The van der Waals surface area contributed by atoms with E-state index in [1.54, 1.807) is 6.07 Å². The van der Waals surface area contributed by atoms with Crippen LogP contribution in [0.3, 0.4) is 0 Å². The molecular formula is C13H17ClN2O. The van der Waals surface area contributed by atoms with Gasteiger partial charge in [-0.1, -0.05) is 24.6 Å². The molecule has 1 aromatic carbocycles. The highest BCUT2D eigenvalue weighted by atomic mass is 35.5. The summed E-state index contributed by atoms with van der Waals surface area (Å²) in [5, 5.41) is 6.77. The number of nitrogens with one attached hydrogen (secondary N) is 2. The second-order valence-electron chi connectivity index (χ2n) is 4.66. The van der Waals surface area contributed by atoms with E-state index < -0.39 is 0 Å². The average molecular weight is 253 g/mol. The number of carbonyl (C=O) groups excluding carboxylic acids is 1. The lowest BCUT2D eigenvalue weighted by Gasteiger charge is -2.31. The first-order valence-corrected chi connectivity index (χ1v) is 6.23. The molecule has 0 aliphatic carbocycles. The highest BCUT2D eigenvalue weighted by Crippen LogP contribution is 2.22. The molecule has 1 aliphatic heterocycles. The van der Waals surface area contributed by atoms with E-state index in [1.807, 2.05) is 26.0 Å². The highest BCUT2D eigenvalue weighted by Gasteiger charge is 2.28. The van der Waals surface area contributed by atoms with Crippen molar-refractivity contribution < 1.29 is 4.79 Å². The molecule has 2 rings (SSSR count). The first-order chi connectivity index (χ1) is 8.08. The first kappa shape index (κ1) is 12.4. The van der Waals surface area contributed by atoms with Crippen LogP contribution < -0.4 is 10.6 Å². The second kappa shape index (κ2) is 5.07. The van der Waals surface area contributed by atoms with Gasteiger partial charge in [0.15, 0.2) is 0 Å². The van der Waals surface area contributed by atoms with Crippen molar-refractivity contribution in [3.8, 4) is 0 Å². The number of hydrogen-bond donors (Lipinski definition) is 2. The molecule has 2 N–H and O–H groups in total. The third-order valence-electron chi connectivity index (χ3n) is 3.37. The molecule has 1 aliphatic rings. The Morgan fingerprint density at radius 3 is 2.76 bits per heavy atom. The summed E-state index contributed by atoms with van der Waals surface area (Å²) in [7, 11) is 0. The van der Waals surface area contributed by atoms with Gasteiger partial charge >= 0.3 is 0 Å². The second-order valence-corrected chi connectivity index (χ2v) is 5.07. The SMILES string of the molecule is Cc1ccc(NC(=O)C(C)C2CNC2)cc1Cl. The number of anilines is 1. The zero-order chi connectivity index (χ0) is 12.4. The zero-order valence-corrected chi connectivity index (χ0v) is 10.8. The summed E-state index contributed by atoms with van der Waals surface area (Å²) in [6.45, 7) is 5.78. The number of rotatable bonds is 3. The number of carbonyl (C=O) groups is 1. The average Bonchev–Trinajstić information content (AvgIpc) is 2.21. The normalized spacial score (nSPS) is 17.4. The number of hydrogen-bond acceptors (Lipinski definition) is 2. The van der Waals surface area contributed by atoms with Gasteiger partial charge in [-0.15, -0.1) is 0 Å². The maximum absolute atomic E-state index is 12.0. The topological polar surface area (TPSA) is 41.1 Å². The van der Waals surface area contributed by atoms with Gasteiger partial charge in [0, 0.05) is 16.6 Å². The molecule has 1 atom stereocenters. The third kappa shape index (κ3) is 2.79. The van der Waals surface area contributed by atoms with Gasteiger partial charge in [-0.3, -0.25) is 4.79 Å². The van der Waals surface area contributed by atoms with Crippen LogP contribution in [0.4, 0.5) is 5.69 Å². The Kier molecular flexibility index (Phi) is 3.69. The van der Waals surface area contributed by atoms with Crippen molar-refractivity contribution in [2.45, 2.75) is 13.8 Å². The van der Waals surface area contributed by atoms with Crippen molar-refractivity contribution in [3.63, 3.8) is 0 Å². The van der Waals surface area contributed by atoms with Gasteiger partial charge in [0.05, 0.1) is 0 Å². The van der Waals surface area contributed by atoms with Crippen LogP contribution >= 0.6 is 11.6 Å². The van der Waals surface area contributed by atoms with Crippen LogP contribution in [0.2, 0.25) is 5.02 Å². The van der Waals surface area contributed by atoms with Crippen LogP contribution in [0, 0.1) is 18.8 Å². The Hall–Kier alpha value is -1.06. The maximum atomic E-state index is 12.0. The lowest BCUT2D eigenvalue weighted by molar-refractivity contribution is -0.121. The smallest absolute Gasteiger partial charge is 0.227 e. The van der Waals surface area contributed by atoms with Crippen molar-refractivity contribution in [3.05, 3.63) is 28.8 Å². The highest BCUT2D eigenvalue weighted by molar-refractivity contribution is 6.31. The predicted octanol–water partition coefficient (Wildman–Crippen LogP) is 2.44. The van der Waals surface area contributed by atoms with E-state index in [0.717, 1.165) is 24.3 Å². The van der Waals surface area contributed by atoms with Gasteiger partial charge in [0.2, 0.25) is 5.91 Å². The van der Waals surface area contributed by atoms with E-state index in [-0.39, 0.29) is 11.8 Å². The van der Waals surface area contributed by atoms with Crippen LogP contribution in [-0.4, -0.2) is 19.0 Å². The van der Waals surface area contributed by atoms with Crippen molar-refractivity contribution >= 4 is 23.2 Å². The molecule has 3 nitrogen and oxygen atoms in total. The molecule has 0 aromatic heterocycles. The molecule has 0 spiro atoms. The third-order valence-corrected chi connectivity index (χ3v) is 3.78. The zero-order valence-electron chi connectivity index (χ0n) is 10.1. The van der Waals surface area contributed by atoms with Crippen molar-refractivity contribution in [2.24, 2.45) is 11.8 Å². The van der Waals surface area contributed by atoms with Gasteiger partial charge in [-0.25, -0.2) is 0 Å². The summed E-state index contributed by atoms with van der Waals surface area (Å²) in [6, 6.07) is 5.58. The number of aryl methyl sites for hydroxylation is 1. The van der Waals surface area contributed by atoms with E-state index in [9.17, 15) is 4.79 Å². The van der Waals surface area contributed by atoms with Crippen LogP contribution in [0.15, 0.2) is 18.2 Å². The van der Waals surface area contributed by atoms with Gasteiger partial charge in [0.25, 0.3) is 0 Å². The quantitative estimate of drug-likeness (QED) is 0.868. The number of halogens is 1. The van der Waals surface area contributed by atoms with E-state index in [2.05, 4.69) is 10.6 Å². The van der Waals surface area contributed by atoms with E-state index in [1.165, 1.54) is 0 Å². The van der Waals surface area contributed by atoms with Gasteiger partial charge < -0.3 is 10.6 Å². The molecule has 17 heavy (non-hydrogen) atoms. The van der Waals surface area contributed by atoms with E-state index in [4.69, 9.17) is 11.6 Å². The van der Waals surface area contributed by atoms with E-state index in [0.29, 0.717) is 10.9 Å². The summed E-state index contributed by atoms with van der Waals surface area (Å²) >= 11 is 6.02. The molecule has 4 heteroatoms. The minimum atomic E-state index is 0.0383. The van der Waals surface area contributed by atoms with E-state index >= 15 is 0 Å².